The van der Waals surface area contributed by atoms with Crippen molar-refractivity contribution in [3.63, 3.8) is 0 Å². The molecule has 28 heavy (non-hydrogen) atoms. The second-order valence-corrected chi connectivity index (χ2v) is 6.86. The van der Waals surface area contributed by atoms with Gasteiger partial charge in [0.1, 0.15) is 5.75 Å². The van der Waals surface area contributed by atoms with Crippen molar-refractivity contribution in [3.05, 3.63) is 84.4 Å². The molecule has 4 nitrogen and oxygen atoms in total. The quantitative estimate of drug-likeness (QED) is 0.605. The Balaban J connectivity index is 1.35. The first-order valence-electron chi connectivity index (χ1n) is 9.65. The molecule has 1 saturated heterocycles. The molecule has 1 fully saturated rings. The van der Waals surface area contributed by atoms with Gasteiger partial charge in [0.2, 0.25) is 0 Å². The number of anilines is 2. The first-order chi connectivity index (χ1) is 13.8. The molecule has 0 saturated carbocycles. The third-order valence-corrected chi connectivity index (χ3v) is 5.09. The van der Waals surface area contributed by atoms with Crippen molar-refractivity contribution in [1.82, 2.24) is 0 Å². The number of benzene rings is 3. The molecule has 1 heterocycles. The molecule has 0 bridgehead atoms. The van der Waals surface area contributed by atoms with Crippen molar-refractivity contribution < 1.29 is 4.74 Å². The highest BCUT2D eigenvalue weighted by molar-refractivity contribution is 5.82. The van der Waals surface area contributed by atoms with E-state index in [9.17, 15) is 0 Å². The van der Waals surface area contributed by atoms with Crippen LogP contribution in [0.1, 0.15) is 5.56 Å². The predicted octanol–water partition coefficient (Wildman–Crippen LogP) is 4.77. The summed E-state index contributed by atoms with van der Waals surface area (Å²) < 4.78 is 5.18. The molecule has 3 aromatic carbocycles. The average molecular weight is 371 g/mol. The van der Waals surface area contributed by atoms with Gasteiger partial charge < -0.3 is 14.5 Å². The van der Waals surface area contributed by atoms with Crippen molar-refractivity contribution in [3.8, 4) is 5.75 Å². The van der Waals surface area contributed by atoms with Crippen LogP contribution in [0.4, 0.5) is 17.1 Å². The van der Waals surface area contributed by atoms with Crippen LogP contribution >= 0.6 is 0 Å². The number of methoxy groups -OCH3 is 1. The molecule has 0 aromatic heterocycles. The highest BCUT2D eigenvalue weighted by Crippen LogP contribution is 2.23. The van der Waals surface area contributed by atoms with Gasteiger partial charge >= 0.3 is 0 Å². The second-order valence-electron chi connectivity index (χ2n) is 6.86. The van der Waals surface area contributed by atoms with E-state index in [4.69, 9.17) is 4.74 Å². The fraction of sp³-hybridized carbons (Fsp3) is 0.208. The van der Waals surface area contributed by atoms with Crippen LogP contribution in [0.2, 0.25) is 0 Å². The Kier molecular flexibility index (Phi) is 5.57. The van der Waals surface area contributed by atoms with Crippen LogP contribution in [-0.2, 0) is 0 Å². The van der Waals surface area contributed by atoms with E-state index in [0.29, 0.717) is 0 Å². The van der Waals surface area contributed by atoms with Gasteiger partial charge in [-0.25, -0.2) is 0 Å². The minimum absolute atomic E-state index is 0.855. The van der Waals surface area contributed by atoms with E-state index in [0.717, 1.165) is 43.2 Å². The van der Waals surface area contributed by atoms with Crippen LogP contribution in [0, 0.1) is 0 Å². The van der Waals surface area contributed by atoms with E-state index >= 15 is 0 Å². The third-order valence-electron chi connectivity index (χ3n) is 5.09. The van der Waals surface area contributed by atoms with Gasteiger partial charge in [-0.05, 0) is 66.2 Å². The monoisotopic (exact) mass is 371 g/mol. The van der Waals surface area contributed by atoms with Crippen molar-refractivity contribution in [2.75, 3.05) is 43.1 Å². The van der Waals surface area contributed by atoms with Crippen molar-refractivity contribution >= 4 is 23.3 Å². The number of hydrogen-bond acceptors (Lipinski definition) is 4. The summed E-state index contributed by atoms with van der Waals surface area (Å²) in [5.41, 5.74) is 4.59. The lowest BCUT2D eigenvalue weighted by Crippen LogP contribution is -2.46. The number of piperazine rings is 1. The van der Waals surface area contributed by atoms with Gasteiger partial charge in [0.25, 0.3) is 0 Å². The summed E-state index contributed by atoms with van der Waals surface area (Å²) in [4.78, 5) is 9.47. The zero-order valence-electron chi connectivity index (χ0n) is 16.2. The highest BCUT2D eigenvalue weighted by atomic mass is 16.5. The Labute approximate surface area is 166 Å². The van der Waals surface area contributed by atoms with Crippen LogP contribution in [0.15, 0.2) is 83.9 Å². The smallest absolute Gasteiger partial charge is 0.118 e. The molecular weight excluding hydrogens is 346 g/mol. The van der Waals surface area contributed by atoms with Gasteiger partial charge in [0.05, 0.1) is 12.8 Å². The predicted molar refractivity (Wildman–Crippen MR) is 118 cm³/mol. The number of aliphatic imine (C=N–C) groups is 1. The highest BCUT2D eigenvalue weighted by Gasteiger charge is 2.17. The van der Waals surface area contributed by atoms with Crippen LogP contribution in [0.5, 0.6) is 5.75 Å². The molecule has 4 heteroatoms. The van der Waals surface area contributed by atoms with Gasteiger partial charge in [-0.1, -0.05) is 18.2 Å². The molecule has 0 unspecified atom stereocenters. The van der Waals surface area contributed by atoms with Crippen LogP contribution < -0.4 is 14.5 Å². The van der Waals surface area contributed by atoms with Gasteiger partial charge in [0, 0.05) is 43.8 Å². The van der Waals surface area contributed by atoms with Crippen molar-refractivity contribution in [2.24, 2.45) is 4.99 Å². The summed E-state index contributed by atoms with van der Waals surface area (Å²) in [5.74, 6) is 0.855. The molecule has 4 rings (SSSR count). The number of hydrogen-bond donors (Lipinski definition) is 0. The second kappa shape index (κ2) is 8.61. The van der Waals surface area contributed by atoms with E-state index in [1.165, 1.54) is 11.4 Å². The standard InChI is InChI=1S/C24H25N3O/c1-28-24-13-7-20(8-14-24)19-25-21-9-11-23(12-10-21)27-17-15-26(16-18-27)22-5-3-2-4-6-22/h2-14,19H,15-18H2,1H3. The minimum Gasteiger partial charge on any atom is -0.497 e. The molecule has 0 radical (unpaired) electrons. The lowest BCUT2D eigenvalue weighted by molar-refractivity contribution is 0.415. The van der Waals surface area contributed by atoms with E-state index in [1.54, 1.807) is 7.11 Å². The normalized spacial score (nSPS) is 14.5. The summed E-state index contributed by atoms with van der Waals surface area (Å²) in [6, 6.07) is 27.0. The maximum atomic E-state index is 5.18. The maximum absolute atomic E-state index is 5.18. The molecule has 1 aliphatic heterocycles. The fourth-order valence-electron chi connectivity index (χ4n) is 3.45. The zero-order chi connectivity index (χ0) is 19.2. The number of nitrogens with zero attached hydrogens (tertiary/aromatic N) is 3. The van der Waals surface area contributed by atoms with Crippen molar-refractivity contribution in [1.29, 1.82) is 0 Å². The van der Waals surface area contributed by atoms with E-state index in [1.807, 2.05) is 30.5 Å². The SMILES string of the molecule is COc1ccc(C=Nc2ccc(N3CCN(c4ccccc4)CC3)cc2)cc1. The molecule has 0 aliphatic carbocycles. The summed E-state index contributed by atoms with van der Waals surface area (Å²) >= 11 is 0. The van der Waals surface area contributed by atoms with Crippen molar-refractivity contribution in [2.45, 2.75) is 0 Å². The lowest BCUT2D eigenvalue weighted by atomic mass is 10.2. The lowest BCUT2D eigenvalue weighted by Gasteiger charge is -2.37. The van der Waals surface area contributed by atoms with Gasteiger partial charge in [-0.2, -0.15) is 0 Å². The molecule has 0 atom stereocenters. The van der Waals surface area contributed by atoms with Gasteiger partial charge in [-0.3, -0.25) is 4.99 Å². The van der Waals surface area contributed by atoms with Crippen LogP contribution in [0.3, 0.4) is 0 Å². The summed E-state index contributed by atoms with van der Waals surface area (Å²) in [7, 11) is 1.67. The average Bonchev–Trinajstić information content (AvgIpc) is 2.79. The largest absolute Gasteiger partial charge is 0.497 e. The first-order valence-corrected chi connectivity index (χ1v) is 9.65. The number of ether oxygens (including phenoxy) is 1. The molecule has 142 valence electrons. The summed E-state index contributed by atoms with van der Waals surface area (Å²) in [6.45, 7) is 4.15. The van der Waals surface area contributed by atoms with E-state index < -0.39 is 0 Å². The Morgan fingerprint density at radius 1 is 0.714 bits per heavy atom. The molecule has 0 amide bonds. The Morgan fingerprint density at radius 2 is 1.29 bits per heavy atom. The molecule has 0 N–H and O–H groups in total. The number of para-hydroxylation sites is 1. The molecular formula is C24H25N3O. The van der Waals surface area contributed by atoms with Crippen LogP contribution in [-0.4, -0.2) is 39.5 Å². The maximum Gasteiger partial charge on any atom is 0.118 e. The number of rotatable bonds is 5. The fourth-order valence-corrected chi connectivity index (χ4v) is 3.45. The van der Waals surface area contributed by atoms with Crippen LogP contribution in [0.25, 0.3) is 0 Å². The van der Waals surface area contributed by atoms with Gasteiger partial charge in [-0.15, -0.1) is 0 Å². The van der Waals surface area contributed by atoms with E-state index in [2.05, 4.69) is 69.4 Å². The molecule has 0 spiro atoms. The Morgan fingerprint density at radius 3 is 1.86 bits per heavy atom. The zero-order valence-corrected chi connectivity index (χ0v) is 16.2. The Hall–Kier alpha value is -3.27. The molecule has 1 aliphatic rings. The summed E-state index contributed by atoms with van der Waals surface area (Å²) in [5, 5.41) is 0. The van der Waals surface area contributed by atoms with E-state index in [-0.39, 0.29) is 0 Å². The Bertz CT molecular complexity index is 897. The molecule has 3 aromatic rings. The first kappa shape index (κ1) is 18.1. The van der Waals surface area contributed by atoms with Gasteiger partial charge in [0.15, 0.2) is 0 Å². The minimum atomic E-state index is 0.855. The topological polar surface area (TPSA) is 28.1 Å². The summed E-state index contributed by atoms with van der Waals surface area (Å²) in [6.07, 6.45) is 1.88. The third kappa shape index (κ3) is 4.34.